The Morgan fingerprint density at radius 2 is 0.951 bits per heavy atom. The van der Waals surface area contributed by atoms with Gasteiger partial charge >= 0.3 is 0 Å². The van der Waals surface area contributed by atoms with E-state index in [2.05, 4.69) is 209 Å². The molecule has 8 bridgehead atoms. The zero-order valence-electron chi connectivity index (χ0n) is 35.9. The molecule has 9 heterocycles. The SMILES string of the molecule is CCCN1C=CC=CC1c1c(C2C=CC=CN2CCC)c2c(C3C=CC=CN3CCC)c3nc(cc4ccc(cc5nc(cc1n2C1C=CC=CN1CCC)C=C5)[nH]4)C=C3.[Mn]. The minimum absolute atomic E-state index is 0. The van der Waals surface area contributed by atoms with Crippen LogP contribution in [0.4, 0.5) is 0 Å². The predicted molar refractivity (Wildman–Crippen MR) is 251 cm³/mol. The number of nitrogens with one attached hydrogen (secondary N) is 1. The number of allylic oxidation sites excluding steroid dienone is 8. The number of H-pyrrole nitrogens is 1. The average molecular weight is 850 g/mol. The number of hydrogen-bond donors (Lipinski definition) is 1. The van der Waals surface area contributed by atoms with Crippen LogP contribution in [0.15, 0.2) is 128 Å². The molecular weight excluding hydrogens is 792 g/mol. The van der Waals surface area contributed by atoms with Gasteiger partial charge in [-0.2, -0.15) is 0 Å². The molecule has 0 saturated heterocycles. The monoisotopic (exact) mass is 849 g/mol. The number of aromatic nitrogens is 4. The Balaban J connectivity index is 0.00000514. The van der Waals surface area contributed by atoms with Crippen LogP contribution in [-0.2, 0) is 17.1 Å². The van der Waals surface area contributed by atoms with Gasteiger partial charge in [-0.3, -0.25) is 0 Å². The van der Waals surface area contributed by atoms with Gasteiger partial charge in [-0.05, 0) is 129 Å². The molecule has 0 saturated carbocycles. The van der Waals surface area contributed by atoms with E-state index in [1.807, 2.05) is 0 Å². The molecule has 0 aromatic carbocycles. The first-order valence-electron chi connectivity index (χ1n) is 22.2. The summed E-state index contributed by atoms with van der Waals surface area (Å²) in [5, 5.41) is 0. The molecule has 9 heteroatoms. The first-order valence-corrected chi connectivity index (χ1v) is 22.2. The van der Waals surface area contributed by atoms with E-state index in [1.54, 1.807) is 0 Å². The topological polar surface area (TPSA) is 59.5 Å². The van der Waals surface area contributed by atoms with Crippen molar-refractivity contribution in [1.82, 2.24) is 39.1 Å². The number of hydrogen-bond acceptors (Lipinski definition) is 6. The fraction of sp³-hybridized carbons (Fsp3) is 0.308. The quantitative estimate of drug-likeness (QED) is 0.126. The van der Waals surface area contributed by atoms with Gasteiger partial charge in [-0.1, -0.05) is 70.2 Å². The molecule has 61 heavy (non-hydrogen) atoms. The maximum atomic E-state index is 5.57. The molecule has 313 valence electrons. The number of aromatic amines is 1. The first kappa shape index (κ1) is 42.0. The molecule has 4 atom stereocenters. The van der Waals surface area contributed by atoms with E-state index in [4.69, 9.17) is 9.97 Å². The van der Waals surface area contributed by atoms with Gasteiger partial charge in [0.2, 0.25) is 0 Å². The molecule has 1 N–H and O–H groups in total. The Labute approximate surface area is 372 Å². The summed E-state index contributed by atoms with van der Waals surface area (Å²) < 4.78 is 2.68. The molecule has 0 aliphatic carbocycles. The third kappa shape index (κ3) is 8.34. The van der Waals surface area contributed by atoms with Crippen molar-refractivity contribution in [1.29, 1.82) is 0 Å². The number of fused-ring (bicyclic) bond motifs is 8. The van der Waals surface area contributed by atoms with Crippen LogP contribution in [-0.4, -0.2) is 65.3 Å². The summed E-state index contributed by atoms with van der Waals surface area (Å²) in [6, 6.07) is 10.8. The van der Waals surface area contributed by atoms with Crippen LogP contribution in [0.1, 0.15) is 117 Å². The summed E-state index contributed by atoms with van der Waals surface area (Å²) in [6.07, 6.45) is 49.2. The van der Waals surface area contributed by atoms with Crippen LogP contribution in [0.5, 0.6) is 0 Å². The molecule has 3 aromatic heterocycles. The second-order valence-electron chi connectivity index (χ2n) is 16.3. The minimum atomic E-state index is -0.108. The summed E-state index contributed by atoms with van der Waals surface area (Å²) in [5.41, 5.74) is 12.0. The largest absolute Gasteiger partial charge is 0.367 e. The zero-order valence-corrected chi connectivity index (χ0v) is 37.1. The fourth-order valence-electron chi connectivity index (χ4n) is 9.61. The maximum Gasteiger partial charge on any atom is 0.125 e. The molecule has 0 amide bonds. The molecule has 0 spiro atoms. The van der Waals surface area contributed by atoms with Crippen LogP contribution in [0, 0.1) is 0 Å². The second-order valence-corrected chi connectivity index (χ2v) is 16.3. The molecule has 0 fully saturated rings. The Bertz CT molecular complexity index is 2570. The van der Waals surface area contributed by atoms with Crippen LogP contribution < -0.4 is 0 Å². The van der Waals surface area contributed by atoms with Crippen molar-refractivity contribution in [3.8, 4) is 0 Å². The first-order chi connectivity index (χ1) is 29.6. The normalized spacial score (nSPS) is 21.0. The molecule has 6 aliphatic rings. The fourth-order valence-corrected chi connectivity index (χ4v) is 9.61. The van der Waals surface area contributed by atoms with E-state index in [0.717, 1.165) is 85.7 Å². The predicted octanol–water partition coefficient (Wildman–Crippen LogP) is 11.9. The van der Waals surface area contributed by atoms with E-state index in [0.29, 0.717) is 0 Å². The van der Waals surface area contributed by atoms with Crippen LogP contribution in [0.2, 0.25) is 0 Å². The molecule has 9 rings (SSSR count). The summed E-state index contributed by atoms with van der Waals surface area (Å²) in [7, 11) is 0. The van der Waals surface area contributed by atoms with Crippen molar-refractivity contribution >= 4 is 46.4 Å². The Kier molecular flexibility index (Phi) is 13.0. The van der Waals surface area contributed by atoms with Gasteiger partial charge in [0.05, 0.1) is 51.9 Å². The van der Waals surface area contributed by atoms with Crippen molar-refractivity contribution < 1.29 is 17.1 Å². The van der Waals surface area contributed by atoms with Crippen molar-refractivity contribution in [2.75, 3.05) is 26.2 Å². The van der Waals surface area contributed by atoms with Gasteiger partial charge in [0.25, 0.3) is 0 Å². The third-order valence-corrected chi connectivity index (χ3v) is 12.0. The van der Waals surface area contributed by atoms with E-state index >= 15 is 0 Å². The van der Waals surface area contributed by atoms with E-state index in [-0.39, 0.29) is 41.4 Å². The molecule has 4 unspecified atom stereocenters. The smallest absolute Gasteiger partial charge is 0.125 e. The number of rotatable bonds is 12. The number of nitrogens with zero attached hydrogens (tertiary/aromatic N) is 7. The summed E-state index contributed by atoms with van der Waals surface area (Å²) in [5.74, 6) is 0. The maximum absolute atomic E-state index is 5.57. The van der Waals surface area contributed by atoms with Gasteiger partial charge in [-0.25, -0.2) is 9.97 Å². The van der Waals surface area contributed by atoms with Gasteiger partial charge in [0, 0.05) is 77.2 Å². The standard InChI is InChI=1S/C52H58N8.Mn/c1-5-27-56-31-13-9-17-44(56)49-43-26-25-41(55-43)36-40-22-21-38(53-40)35-39-23-24-42(54-39)37-47-50(45-18-10-14-32-57(45)28-6-2)51(46-19-11-15-33-58(46)29-7-3)52(49)60(47)48-20-12-16-34-59(48)30-8-4;/h9-26,31-37,44-46,48,53H,5-8,27-30H2,1-4H3;. The molecule has 1 radical (unpaired) electrons. The zero-order chi connectivity index (χ0) is 41.0. The van der Waals surface area contributed by atoms with Crippen LogP contribution in [0.3, 0.4) is 0 Å². The molecule has 6 aliphatic heterocycles. The summed E-state index contributed by atoms with van der Waals surface area (Å²) in [6.45, 7) is 12.8. The Hall–Kier alpha value is -5.76. The average Bonchev–Trinajstić information content (AvgIpc) is 4.08. The van der Waals surface area contributed by atoms with Crippen molar-refractivity contribution in [3.63, 3.8) is 0 Å². The molecule has 8 nitrogen and oxygen atoms in total. The van der Waals surface area contributed by atoms with E-state index in [1.165, 1.54) is 27.7 Å². The third-order valence-electron chi connectivity index (χ3n) is 12.0. The van der Waals surface area contributed by atoms with E-state index < -0.39 is 0 Å². The van der Waals surface area contributed by atoms with Crippen LogP contribution >= 0.6 is 0 Å². The summed E-state index contributed by atoms with van der Waals surface area (Å²) >= 11 is 0. The van der Waals surface area contributed by atoms with E-state index in [9.17, 15) is 0 Å². The molecular formula is C52H58MnN8. The Morgan fingerprint density at radius 1 is 0.492 bits per heavy atom. The summed E-state index contributed by atoms with van der Waals surface area (Å²) in [4.78, 5) is 24.6. The van der Waals surface area contributed by atoms with Crippen molar-refractivity contribution in [3.05, 3.63) is 168 Å². The van der Waals surface area contributed by atoms with Gasteiger partial charge in [0.1, 0.15) is 6.17 Å². The second kappa shape index (κ2) is 18.9. The van der Waals surface area contributed by atoms with Gasteiger partial charge in [0.15, 0.2) is 0 Å². The minimum Gasteiger partial charge on any atom is -0.367 e. The van der Waals surface area contributed by atoms with Gasteiger partial charge in [-0.15, -0.1) is 0 Å². The van der Waals surface area contributed by atoms with Gasteiger partial charge < -0.3 is 29.2 Å². The Morgan fingerprint density at radius 3 is 1.52 bits per heavy atom. The molecule has 3 aromatic rings. The van der Waals surface area contributed by atoms with Crippen molar-refractivity contribution in [2.45, 2.75) is 77.7 Å². The van der Waals surface area contributed by atoms with Crippen LogP contribution in [0.25, 0.3) is 46.4 Å². The van der Waals surface area contributed by atoms with Crippen molar-refractivity contribution in [2.24, 2.45) is 0 Å².